The summed E-state index contributed by atoms with van der Waals surface area (Å²) in [6, 6.07) is -0.702. The van der Waals surface area contributed by atoms with E-state index in [2.05, 4.69) is 4.99 Å². The van der Waals surface area contributed by atoms with Gasteiger partial charge in [-0.15, -0.1) is 0 Å². The number of carbonyl (C=O) groups excluding carboxylic acids is 1. The predicted molar refractivity (Wildman–Crippen MR) is 49.7 cm³/mol. The highest BCUT2D eigenvalue weighted by Crippen LogP contribution is 1.98. The van der Waals surface area contributed by atoms with Gasteiger partial charge < -0.3 is 15.2 Å². The molecule has 0 atom stereocenters. The Morgan fingerprint density at radius 1 is 1.46 bits per heavy atom. The van der Waals surface area contributed by atoms with Gasteiger partial charge in [0, 0.05) is 25.8 Å². The lowest BCUT2D eigenvalue weighted by Crippen LogP contribution is -2.18. The molecule has 0 aromatic rings. The summed E-state index contributed by atoms with van der Waals surface area (Å²) in [4.78, 5) is 13.6. The van der Waals surface area contributed by atoms with Crippen molar-refractivity contribution in [2.24, 2.45) is 10.7 Å². The lowest BCUT2D eigenvalue weighted by atomic mass is 10.4. The molecule has 2 N–H and O–H groups in total. The molecule has 5 heteroatoms. The monoisotopic (exact) mass is 188 g/mol. The maximum absolute atomic E-state index is 10.2. The fraction of sp³-hybridized carbons (Fsp3) is 0.750. The second-order valence-electron chi connectivity index (χ2n) is 2.23. The Kier molecular flexibility index (Phi) is 7.14. The van der Waals surface area contributed by atoms with E-state index < -0.39 is 6.03 Å². The number of rotatable bonds is 6. The van der Waals surface area contributed by atoms with Gasteiger partial charge in [-0.1, -0.05) is 0 Å². The van der Waals surface area contributed by atoms with Crippen molar-refractivity contribution in [3.05, 3.63) is 0 Å². The standard InChI is InChI=1S/C8H16N2O3/c1-3-12-7(13-4-2)5-6-10-8(9)11/h6-7H,3-5H2,1-2H3,(H2,9,11). The van der Waals surface area contributed by atoms with Crippen LogP contribution in [0.3, 0.4) is 0 Å². The van der Waals surface area contributed by atoms with Crippen LogP contribution in [0.1, 0.15) is 20.3 Å². The molecule has 0 aliphatic rings. The summed E-state index contributed by atoms with van der Waals surface area (Å²) < 4.78 is 10.4. The molecular weight excluding hydrogens is 172 g/mol. The van der Waals surface area contributed by atoms with E-state index in [0.717, 1.165) is 0 Å². The van der Waals surface area contributed by atoms with Crippen LogP contribution in [0.25, 0.3) is 0 Å². The normalized spacial score (nSPS) is 11.3. The smallest absolute Gasteiger partial charge is 0.337 e. The lowest BCUT2D eigenvalue weighted by Gasteiger charge is -2.13. The fourth-order valence-electron chi connectivity index (χ4n) is 0.785. The van der Waals surface area contributed by atoms with Crippen molar-refractivity contribution >= 4 is 12.2 Å². The average Bonchev–Trinajstić information content (AvgIpc) is 2.04. The number of aliphatic imine (C=N–C) groups is 1. The molecule has 0 aliphatic carbocycles. The van der Waals surface area contributed by atoms with Crippen LogP contribution in [0.5, 0.6) is 0 Å². The van der Waals surface area contributed by atoms with Crippen molar-refractivity contribution in [2.75, 3.05) is 13.2 Å². The number of urea groups is 1. The largest absolute Gasteiger partial charge is 0.353 e. The third kappa shape index (κ3) is 7.42. The number of nitrogens with zero attached hydrogens (tertiary/aromatic N) is 1. The Labute approximate surface area is 77.9 Å². The van der Waals surface area contributed by atoms with Gasteiger partial charge in [0.25, 0.3) is 0 Å². The summed E-state index contributed by atoms with van der Waals surface area (Å²) in [5, 5.41) is 0. The molecule has 0 rings (SSSR count). The van der Waals surface area contributed by atoms with Gasteiger partial charge in [-0.2, -0.15) is 0 Å². The number of hydrogen-bond donors (Lipinski definition) is 1. The molecule has 0 heterocycles. The molecular formula is C8H16N2O3. The first-order valence-corrected chi connectivity index (χ1v) is 4.25. The third-order valence-electron chi connectivity index (χ3n) is 1.22. The van der Waals surface area contributed by atoms with Crippen LogP contribution in [-0.4, -0.2) is 31.7 Å². The molecule has 0 aromatic carbocycles. The number of amides is 2. The minimum Gasteiger partial charge on any atom is -0.353 e. The lowest BCUT2D eigenvalue weighted by molar-refractivity contribution is -0.130. The van der Waals surface area contributed by atoms with Crippen molar-refractivity contribution in [1.82, 2.24) is 0 Å². The topological polar surface area (TPSA) is 73.9 Å². The van der Waals surface area contributed by atoms with Gasteiger partial charge in [-0.05, 0) is 13.8 Å². The van der Waals surface area contributed by atoms with Gasteiger partial charge in [0.05, 0.1) is 0 Å². The number of primary amides is 1. The first-order chi connectivity index (χ1) is 6.20. The quantitative estimate of drug-likeness (QED) is 0.497. The Morgan fingerprint density at radius 3 is 2.38 bits per heavy atom. The average molecular weight is 188 g/mol. The molecule has 13 heavy (non-hydrogen) atoms. The second kappa shape index (κ2) is 7.70. The van der Waals surface area contributed by atoms with Gasteiger partial charge >= 0.3 is 6.03 Å². The number of carbonyl (C=O) groups is 1. The van der Waals surface area contributed by atoms with Crippen LogP contribution in [0.4, 0.5) is 4.79 Å². The number of nitrogens with two attached hydrogens (primary N) is 1. The molecule has 0 aromatic heterocycles. The van der Waals surface area contributed by atoms with Crippen molar-refractivity contribution in [2.45, 2.75) is 26.6 Å². The van der Waals surface area contributed by atoms with E-state index in [1.165, 1.54) is 6.21 Å². The first kappa shape index (κ1) is 12.1. The highest BCUT2D eigenvalue weighted by Gasteiger charge is 2.04. The molecule has 76 valence electrons. The molecule has 2 amide bonds. The predicted octanol–water partition coefficient (Wildman–Crippen LogP) is 0.925. The van der Waals surface area contributed by atoms with Gasteiger partial charge in [0.2, 0.25) is 0 Å². The highest BCUT2D eigenvalue weighted by molar-refractivity contribution is 5.82. The fourth-order valence-corrected chi connectivity index (χ4v) is 0.785. The highest BCUT2D eigenvalue weighted by atomic mass is 16.7. The Hall–Kier alpha value is -0.940. The third-order valence-corrected chi connectivity index (χ3v) is 1.22. The van der Waals surface area contributed by atoms with Crippen molar-refractivity contribution in [1.29, 1.82) is 0 Å². The maximum atomic E-state index is 10.2. The van der Waals surface area contributed by atoms with E-state index >= 15 is 0 Å². The zero-order valence-corrected chi connectivity index (χ0v) is 8.03. The summed E-state index contributed by atoms with van der Waals surface area (Å²) in [5.74, 6) is 0. The minimum atomic E-state index is -0.702. The number of hydrogen-bond acceptors (Lipinski definition) is 3. The van der Waals surface area contributed by atoms with Crippen LogP contribution >= 0.6 is 0 Å². The van der Waals surface area contributed by atoms with Crippen molar-refractivity contribution in [3.63, 3.8) is 0 Å². The SMILES string of the molecule is CCOC(CC=NC(N)=O)OCC. The van der Waals surface area contributed by atoms with Crippen molar-refractivity contribution < 1.29 is 14.3 Å². The zero-order chi connectivity index (χ0) is 10.1. The van der Waals surface area contributed by atoms with Gasteiger partial charge in [-0.3, -0.25) is 0 Å². The minimum absolute atomic E-state index is 0.335. The molecule has 0 aliphatic heterocycles. The Balaban J connectivity index is 3.73. The molecule has 0 saturated carbocycles. The molecule has 0 bridgehead atoms. The van der Waals surface area contributed by atoms with Gasteiger partial charge in [0.15, 0.2) is 6.29 Å². The summed E-state index contributed by atoms with van der Waals surface area (Å²) >= 11 is 0. The summed E-state index contributed by atoms with van der Waals surface area (Å²) in [6.07, 6.45) is 1.50. The molecule has 5 nitrogen and oxygen atoms in total. The van der Waals surface area contributed by atoms with E-state index in [4.69, 9.17) is 15.2 Å². The van der Waals surface area contributed by atoms with Crippen LogP contribution in [0, 0.1) is 0 Å². The number of ether oxygens (including phenoxy) is 2. The van der Waals surface area contributed by atoms with E-state index in [0.29, 0.717) is 19.6 Å². The second-order valence-corrected chi connectivity index (χ2v) is 2.23. The van der Waals surface area contributed by atoms with Crippen LogP contribution in [0.15, 0.2) is 4.99 Å². The zero-order valence-electron chi connectivity index (χ0n) is 8.03. The van der Waals surface area contributed by atoms with Crippen LogP contribution < -0.4 is 5.73 Å². The Morgan fingerprint density at radius 2 is 2.00 bits per heavy atom. The van der Waals surface area contributed by atoms with E-state index in [-0.39, 0.29) is 6.29 Å². The Bertz CT molecular complexity index is 165. The van der Waals surface area contributed by atoms with Gasteiger partial charge in [0.1, 0.15) is 0 Å². The molecule has 0 saturated heterocycles. The molecule has 0 radical (unpaired) electrons. The summed E-state index contributed by atoms with van der Waals surface area (Å²) in [6.45, 7) is 4.87. The summed E-state index contributed by atoms with van der Waals surface area (Å²) in [5.41, 5.74) is 4.81. The van der Waals surface area contributed by atoms with Crippen LogP contribution in [-0.2, 0) is 9.47 Å². The van der Waals surface area contributed by atoms with E-state index in [1.54, 1.807) is 0 Å². The van der Waals surface area contributed by atoms with E-state index in [9.17, 15) is 4.79 Å². The van der Waals surface area contributed by atoms with Crippen molar-refractivity contribution in [3.8, 4) is 0 Å². The molecule has 0 fully saturated rings. The van der Waals surface area contributed by atoms with E-state index in [1.807, 2.05) is 13.8 Å². The molecule has 0 spiro atoms. The van der Waals surface area contributed by atoms with Gasteiger partial charge in [-0.25, -0.2) is 9.79 Å². The van der Waals surface area contributed by atoms with Crippen LogP contribution in [0.2, 0.25) is 0 Å². The first-order valence-electron chi connectivity index (χ1n) is 4.25. The molecule has 0 unspecified atom stereocenters. The summed E-state index contributed by atoms with van der Waals surface area (Å²) in [7, 11) is 0. The maximum Gasteiger partial charge on any atom is 0.337 e.